The van der Waals surface area contributed by atoms with Gasteiger partial charge in [-0.05, 0) is 66.8 Å². The fourth-order valence-electron chi connectivity index (χ4n) is 5.18. The molecule has 2 N–H and O–H groups in total. The molecule has 12 heteroatoms. The molecule has 5 rings (SSSR count). The Balaban J connectivity index is 1.25. The number of amides is 1. The predicted octanol–water partition coefficient (Wildman–Crippen LogP) is 6.80. The van der Waals surface area contributed by atoms with Crippen molar-refractivity contribution in [2.45, 2.75) is 37.6 Å². The van der Waals surface area contributed by atoms with E-state index in [0.717, 1.165) is 33.3 Å². The van der Waals surface area contributed by atoms with Gasteiger partial charge in [0, 0.05) is 23.1 Å². The van der Waals surface area contributed by atoms with E-state index < -0.39 is 23.2 Å². The molecule has 3 aromatic rings. The molecule has 1 aliphatic carbocycles. The molecule has 232 valence electrons. The second kappa shape index (κ2) is 13.2. The number of halogens is 5. The predicted molar refractivity (Wildman–Crippen MR) is 162 cm³/mol. The van der Waals surface area contributed by atoms with Crippen LogP contribution in [0.5, 0.6) is 11.5 Å². The molecule has 1 fully saturated rings. The number of nitrogens with zero attached hydrogens (tertiary/aromatic N) is 1. The number of hydrogen-bond donors (Lipinski definition) is 1. The van der Waals surface area contributed by atoms with Crippen molar-refractivity contribution in [2.75, 3.05) is 26.3 Å². The summed E-state index contributed by atoms with van der Waals surface area (Å²) in [5.74, 6) is -0.175. The van der Waals surface area contributed by atoms with Gasteiger partial charge in [0.2, 0.25) is 5.91 Å². The third-order valence-electron chi connectivity index (χ3n) is 7.77. The van der Waals surface area contributed by atoms with Crippen molar-refractivity contribution in [3.05, 3.63) is 98.5 Å². The van der Waals surface area contributed by atoms with E-state index in [0.29, 0.717) is 37.1 Å². The lowest BCUT2D eigenvalue weighted by molar-refractivity contribution is -0.141. The first-order valence-corrected chi connectivity index (χ1v) is 15.1. The summed E-state index contributed by atoms with van der Waals surface area (Å²) in [6.07, 6.45) is -2.64. The Labute approximate surface area is 265 Å². The minimum Gasteiger partial charge on any atom is -0.490 e. The third-order valence-corrected chi connectivity index (χ3v) is 8.84. The molecule has 1 amide bonds. The topological polar surface area (TPSA) is 91.1 Å². The van der Waals surface area contributed by atoms with Gasteiger partial charge in [-0.3, -0.25) is 9.69 Å². The van der Waals surface area contributed by atoms with Crippen molar-refractivity contribution in [3.8, 4) is 11.5 Å². The van der Waals surface area contributed by atoms with Crippen LogP contribution in [0.15, 0.2) is 76.8 Å². The molecule has 1 aliphatic heterocycles. The van der Waals surface area contributed by atoms with Crippen LogP contribution in [0.1, 0.15) is 36.0 Å². The first-order valence-electron chi connectivity index (χ1n) is 13.9. The summed E-state index contributed by atoms with van der Waals surface area (Å²) in [6, 6.07) is 17.6. The number of rotatable bonds is 11. The van der Waals surface area contributed by atoms with E-state index in [1.165, 1.54) is 6.07 Å². The quantitative estimate of drug-likeness (QED) is 0.176. The highest BCUT2D eigenvalue weighted by Gasteiger charge is 2.54. The zero-order valence-electron chi connectivity index (χ0n) is 23.5. The smallest absolute Gasteiger partial charge is 0.416 e. The second-order valence-corrected chi connectivity index (χ2v) is 11.8. The standard InChI is InChI=1S/C32H29BrClF3N2O5/c33-26-4-2-1-3-21(26)19-44-29(40)25-18-39(31(12-13-31)30(38)41)14-11-24(25)20-5-8-23(9-6-20)42-15-16-43-28-10-7-22(17-27(28)34)32(35,36)37/h1-10,17H,11-16,18-19H2,(H2,38,41). The summed E-state index contributed by atoms with van der Waals surface area (Å²) in [4.78, 5) is 27.6. The van der Waals surface area contributed by atoms with E-state index in [2.05, 4.69) is 15.9 Å². The molecular formula is C32H29BrClF3N2O5. The molecule has 0 unspecified atom stereocenters. The maximum absolute atomic E-state index is 13.4. The van der Waals surface area contributed by atoms with Crippen molar-refractivity contribution >= 4 is 45.0 Å². The Morgan fingerprint density at radius 3 is 2.34 bits per heavy atom. The molecule has 7 nitrogen and oxygen atoms in total. The molecule has 0 spiro atoms. The van der Waals surface area contributed by atoms with Crippen LogP contribution in [0, 0.1) is 0 Å². The summed E-state index contributed by atoms with van der Waals surface area (Å²) < 4.78 is 56.3. The van der Waals surface area contributed by atoms with E-state index in [4.69, 9.17) is 31.5 Å². The summed E-state index contributed by atoms with van der Waals surface area (Å²) in [6.45, 7) is 1.08. The van der Waals surface area contributed by atoms with Crippen LogP contribution in [-0.4, -0.2) is 48.6 Å². The van der Waals surface area contributed by atoms with Crippen molar-refractivity contribution in [1.29, 1.82) is 0 Å². The number of primary amides is 1. The number of alkyl halides is 3. The fraction of sp³-hybridized carbons (Fsp3) is 0.312. The maximum atomic E-state index is 13.4. The van der Waals surface area contributed by atoms with Crippen molar-refractivity contribution in [2.24, 2.45) is 5.73 Å². The lowest BCUT2D eigenvalue weighted by Crippen LogP contribution is -2.50. The van der Waals surface area contributed by atoms with Gasteiger partial charge in [-0.25, -0.2) is 4.79 Å². The van der Waals surface area contributed by atoms with Crippen LogP contribution in [0.25, 0.3) is 5.57 Å². The molecule has 1 saturated carbocycles. The summed E-state index contributed by atoms with van der Waals surface area (Å²) >= 11 is 9.41. The zero-order valence-corrected chi connectivity index (χ0v) is 25.8. The Hall–Kier alpha value is -3.54. The first kappa shape index (κ1) is 31.9. The van der Waals surface area contributed by atoms with Crippen molar-refractivity contribution in [1.82, 2.24) is 4.90 Å². The SMILES string of the molecule is NC(=O)C1(N2CCC(c3ccc(OCCOc4ccc(C(F)(F)F)cc4Cl)cc3)=C(C(=O)OCc3ccccc3Br)C2)CC1. The molecule has 0 aromatic heterocycles. The third kappa shape index (κ3) is 7.22. The van der Waals surface area contributed by atoms with E-state index in [9.17, 15) is 22.8 Å². The molecule has 44 heavy (non-hydrogen) atoms. The van der Waals surface area contributed by atoms with Crippen molar-refractivity contribution in [3.63, 3.8) is 0 Å². The Kier molecular flexibility index (Phi) is 9.57. The molecule has 2 aliphatic rings. The molecule has 0 bridgehead atoms. The van der Waals surface area contributed by atoms with E-state index in [1.54, 1.807) is 12.1 Å². The number of carbonyl (C=O) groups is 2. The van der Waals surface area contributed by atoms with E-state index in [1.807, 2.05) is 41.3 Å². The Morgan fingerprint density at radius 1 is 1.00 bits per heavy atom. The van der Waals surface area contributed by atoms with Gasteiger partial charge in [0.15, 0.2) is 0 Å². The van der Waals surface area contributed by atoms with Crippen LogP contribution >= 0.6 is 27.5 Å². The number of hydrogen-bond acceptors (Lipinski definition) is 6. The number of carbonyl (C=O) groups excluding carboxylic acids is 2. The molecule has 0 atom stereocenters. The second-order valence-electron chi connectivity index (χ2n) is 10.6. The highest BCUT2D eigenvalue weighted by molar-refractivity contribution is 9.10. The van der Waals surface area contributed by atoms with Gasteiger partial charge in [0.1, 0.15) is 36.9 Å². The minimum atomic E-state index is -4.49. The summed E-state index contributed by atoms with van der Waals surface area (Å²) in [5.41, 5.74) is 7.10. The van der Waals surface area contributed by atoms with E-state index in [-0.39, 0.29) is 43.0 Å². The van der Waals surface area contributed by atoms with Crippen LogP contribution < -0.4 is 15.2 Å². The molecule has 0 saturated heterocycles. The summed E-state index contributed by atoms with van der Waals surface area (Å²) in [5, 5.41) is -0.141. The average Bonchev–Trinajstić information content (AvgIpc) is 3.82. The van der Waals surface area contributed by atoms with Crippen molar-refractivity contribution < 1.29 is 37.0 Å². The van der Waals surface area contributed by atoms with Crippen LogP contribution in [-0.2, 0) is 27.1 Å². The molecular weight excluding hydrogens is 665 g/mol. The molecule has 0 radical (unpaired) electrons. The lowest BCUT2D eigenvalue weighted by atomic mass is 9.92. The van der Waals surface area contributed by atoms with Gasteiger partial charge in [-0.1, -0.05) is 57.9 Å². The van der Waals surface area contributed by atoms with Crippen LogP contribution in [0.4, 0.5) is 13.2 Å². The zero-order chi connectivity index (χ0) is 31.5. The number of benzene rings is 3. The van der Waals surface area contributed by atoms with Gasteiger partial charge in [0.25, 0.3) is 0 Å². The monoisotopic (exact) mass is 692 g/mol. The highest BCUT2D eigenvalue weighted by Crippen LogP contribution is 2.44. The fourth-order valence-corrected chi connectivity index (χ4v) is 5.81. The van der Waals surface area contributed by atoms with Gasteiger partial charge >= 0.3 is 12.1 Å². The number of ether oxygens (including phenoxy) is 3. The Bertz CT molecular complexity index is 1570. The lowest BCUT2D eigenvalue weighted by Gasteiger charge is -2.35. The summed E-state index contributed by atoms with van der Waals surface area (Å²) in [7, 11) is 0. The van der Waals surface area contributed by atoms with Gasteiger partial charge in [0.05, 0.1) is 16.2 Å². The van der Waals surface area contributed by atoms with Gasteiger partial charge in [-0.2, -0.15) is 13.2 Å². The van der Waals surface area contributed by atoms with Gasteiger partial charge < -0.3 is 19.9 Å². The normalized spacial score (nSPS) is 16.4. The molecule has 3 aromatic carbocycles. The maximum Gasteiger partial charge on any atom is 0.416 e. The molecule has 1 heterocycles. The number of nitrogens with two attached hydrogens (primary N) is 1. The van der Waals surface area contributed by atoms with Crippen LogP contribution in [0.3, 0.4) is 0 Å². The largest absolute Gasteiger partial charge is 0.490 e. The minimum absolute atomic E-state index is 0.0585. The number of esters is 1. The van der Waals surface area contributed by atoms with E-state index >= 15 is 0 Å². The highest BCUT2D eigenvalue weighted by atomic mass is 79.9. The first-order chi connectivity index (χ1) is 21.0. The van der Waals surface area contributed by atoms with Gasteiger partial charge in [-0.15, -0.1) is 0 Å². The van der Waals surface area contributed by atoms with Crippen LogP contribution in [0.2, 0.25) is 5.02 Å². The Morgan fingerprint density at radius 2 is 1.70 bits per heavy atom. The average molecular weight is 694 g/mol.